The molecular formula is C16H19N3O3. The minimum absolute atomic E-state index is 0.0716. The van der Waals surface area contributed by atoms with Gasteiger partial charge in [-0.15, -0.1) is 0 Å². The zero-order valence-electron chi connectivity index (χ0n) is 12.3. The van der Waals surface area contributed by atoms with E-state index in [4.69, 9.17) is 0 Å². The van der Waals surface area contributed by atoms with Crippen molar-refractivity contribution in [2.45, 2.75) is 25.7 Å². The summed E-state index contributed by atoms with van der Waals surface area (Å²) < 4.78 is 0. The van der Waals surface area contributed by atoms with Crippen LogP contribution in [0.2, 0.25) is 0 Å². The number of aromatic nitrogens is 1. The zero-order valence-corrected chi connectivity index (χ0v) is 12.3. The van der Waals surface area contributed by atoms with E-state index in [2.05, 4.69) is 10.3 Å². The number of anilines is 1. The van der Waals surface area contributed by atoms with Crippen LogP contribution in [0.25, 0.3) is 10.8 Å². The maximum absolute atomic E-state index is 11.1. The molecule has 0 unspecified atom stereocenters. The summed E-state index contributed by atoms with van der Waals surface area (Å²) in [4.78, 5) is 14.7. The van der Waals surface area contributed by atoms with Gasteiger partial charge in [-0.25, -0.2) is 0 Å². The van der Waals surface area contributed by atoms with Crippen molar-refractivity contribution in [3.8, 4) is 0 Å². The predicted octanol–water partition coefficient (Wildman–Crippen LogP) is 3.11. The maximum atomic E-state index is 11.1. The minimum Gasteiger partial charge on any atom is -0.396 e. The summed E-state index contributed by atoms with van der Waals surface area (Å²) in [6, 6.07) is 5.07. The molecule has 0 aliphatic heterocycles. The van der Waals surface area contributed by atoms with Crippen molar-refractivity contribution in [2.75, 3.05) is 18.5 Å². The van der Waals surface area contributed by atoms with Crippen LogP contribution >= 0.6 is 0 Å². The van der Waals surface area contributed by atoms with Gasteiger partial charge in [-0.1, -0.05) is 6.42 Å². The van der Waals surface area contributed by atoms with Crippen LogP contribution < -0.4 is 5.32 Å². The number of nitrogens with zero attached hydrogens (tertiary/aromatic N) is 2. The number of nitrogens with one attached hydrogen (secondary N) is 1. The SMILES string of the molecule is O=[N+]([O-])c1ccc(NCC2(CCO)CCC2)c2ccncc12. The molecule has 0 bridgehead atoms. The Hall–Kier alpha value is -2.21. The van der Waals surface area contributed by atoms with Crippen molar-refractivity contribution in [1.29, 1.82) is 0 Å². The average Bonchev–Trinajstić information content (AvgIpc) is 2.49. The quantitative estimate of drug-likeness (QED) is 0.632. The van der Waals surface area contributed by atoms with Gasteiger partial charge in [0.15, 0.2) is 0 Å². The van der Waals surface area contributed by atoms with Gasteiger partial charge in [0.2, 0.25) is 0 Å². The first-order chi connectivity index (χ1) is 10.7. The number of aliphatic hydroxyl groups excluding tert-OH is 1. The normalized spacial score (nSPS) is 16.2. The van der Waals surface area contributed by atoms with Gasteiger partial charge >= 0.3 is 0 Å². The number of nitro benzene ring substituents is 1. The zero-order chi connectivity index (χ0) is 15.6. The van der Waals surface area contributed by atoms with E-state index in [0.29, 0.717) is 5.39 Å². The van der Waals surface area contributed by atoms with Gasteiger partial charge < -0.3 is 10.4 Å². The van der Waals surface area contributed by atoms with Gasteiger partial charge in [0.05, 0.1) is 10.3 Å². The Morgan fingerprint density at radius 2 is 2.14 bits per heavy atom. The van der Waals surface area contributed by atoms with Crippen molar-refractivity contribution < 1.29 is 10.0 Å². The molecule has 1 saturated carbocycles. The van der Waals surface area contributed by atoms with Crippen LogP contribution in [0.1, 0.15) is 25.7 Å². The Morgan fingerprint density at radius 1 is 1.32 bits per heavy atom. The number of rotatable bonds is 6. The van der Waals surface area contributed by atoms with Crippen LogP contribution in [0.3, 0.4) is 0 Å². The molecule has 0 spiro atoms. The van der Waals surface area contributed by atoms with E-state index in [1.54, 1.807) is 18.3 Å². The fraction of sp³-hybridized carbons (Fsp3) is 0.438. The first-order valence-electron chi connectivity index (χ1n) is 7.51. The highest BCUT2D eigenvalue weighted by Gasteiger charge is 2.36. The number of hydrogen-bond acceptors (Lipinski definition) is 5. The van der Waals surface area contributed by atoms with Crippen LogP contribution in [0.5, 0.6) is 0 Å². The van der Waals surface area contributed by atoms with Crippen molar-refractivity contribution in [3.05, 3.63) is 40.7 Å². The molecule has 22 heavy (non-hydrogen) atoms. The van der Waals surface area contributed by atoms with Crippen LogP contribution in [-0.2, 0) is 0 Å². The highest BCUT2D eigenvalue weighted by molar-refractivity contribution is 5.99. The van der Waals surface area contributed by atoms with E-state index < -0.39 is 0 Å². The van der Waals surface area contributed by atoms with Crippen molar-refractivity contribution in [2.24, 2.45) is 5.41 Å². The molecule has 0 amide bonds. The van der Waals surface area contributed by atoms with Crippen LogP contribution in [0.4, 0.5) is 11.4 Å². The molecule has 0 radical (unpaired) electrons. The Labute approximate surface area is 128 Å². The van der Waals surface area contributed by atoms with Gasteiger partial charge in [-0.2, -0.15) is 0 Å². The maximum Gasteiger partial charge on any atom is 0.278 e. The average molecular weight is 301 g/mol. The van der Waals surface area contributed by atoms with Gasteiger partial charge in [0.25, 0.3) is 5.69 Å². The molecule has 0 saturated heterocycles. The standard InChI is InChI=1S/C16H19N3O3/c20-9-7-16(5-1-6-16)11-18-14-2-3-15(19(21)22)13-10-17-8-4-12(13)14/h2-4,8,10,18,20H,1,5-7,9,11H2. The van der Waals surface area contributed by atoms with Crippen LogP contribution in [0.15, 0.2) is 30.6 Å². The second kappa shape index (κ2) is 5.88. The van der Waals surface area contributed by atoms with Crippen LogP contribution in [-0.4, -0.2) is 28.2 Å². The van der Waals surface area contributed by atoms with Gasteiger partial charge in [0, 0.05) is 42.7 Å². The molecule has 2 N–H and O–H groups in total. The summed E-state index contributed by atoms with van der Waals surface area (Å²) in [7, 11) is 0. The molecule has 2 aromatic rings. The Morgan fingerprint density at radius 3 is 2.77 bits per heavy atom. The molecule has 1 aromatic carbocycles. The lowest BCUT2D eigenvalue weighted by Gasteiger charge is -2.42. The Bertz CT molecular complexity index is 698. The smallest absolute Gasteiger partial charge is 0.278 e. The highest BCUT2D eigenvalue weighted by atomic mass is 16.6. The second-order valence-corrected chi connectivity index (χ2v) is 5.99. The lowest BCUT2D eigenvalue weighted by atomic mass is 9.66. The summed E-state index contributed by atoms with van der Waals surface area (Å²) in [5.74, 6) is 0. The number of fused-ring (bicyclic) bond motifs is 1. The molecule has 1 fully saturated rings. The summed E-state index contributed by atoms with van der Waals surface area (Å²) in [6.07, 6.45) is 7.41. The monoisotopic (exact) mass is 301 g/mol. The summed E-state index contributed by atoms with van der Waals surface area (Å²) in [5.41, 5.74) is 1.12. The van der Waals surface area contributed by atoms with Crippen LogP contribution in [0, 0.1) is 15.5 Å². The molecule has 3 rings (SSSR count). The predicted molar refractivity (Wildman–Crippen MR) is 84.9 cm³/mol. The molecule has 6 heteroatoms. The summed E-state index contributed by atoms with van der Waals surface area (Å²) in [5, 5.41) is 25.1. The molecule has 1 aliphatic rings. The first-order valence-corrected chi connectivity index (χ1v) is 7.51. The highest BCUT2D eigenvalue weighted by Crippen LogP contribution is 2.44. The number of aliphatic hydroxyl groups is 1. The van der Waals surface area contributed by atoms with Gasteiger partial charge in [-0.05, 0) is 36.8 Å². The number of pyridine rings is 1. The Kier molecular flexibility index (Phi) is 3.94. The summed E-state index contributed by atoms with van der Waals surface area (Å²) >= 11 is 0. The van der Waals surface area contributed by atoms with E-state index >= 15 is 0 Å². The lowest BCUT2D eigenvalue weighted by Crippen LogP contribution is -2.37. The van der Waals surface area contributed by atoms with Crippen molar-refractivity contribution >= 4 is 22.1 Å². The molecule has 116 valence electrons. The third-order valence-electron chi connectivity index (χ3n) is 4.70. The number of hydrogen-bond donors (Lipinski definition) is 2. The molecular weight excluding hydrogens is 282 g/mol. The van der Waals surface area contributed by atoms with E-state index in [1.165, 1.54) is 18.7 Å². The van der Waals surface area contributed by atoms with Gasteiger partial charge in [-0.3, -0.25) is 15.1 Å². The topological polar surface area (TPSA) is 88.3 Å². The molecule has 0 atom stereocenters. The fourth-order valence-electron chi connectivity index (χ4n) is 3.20. The molecule has 6 nitrogen and oxygen atoms in total. The first kappa shape index (κ1) is 14.7. The molecule has 1 aromatic heterocycles. The largest absolute Gasteiger partial charge is 0.396 e. The Balaban J connectivity index is 1.88. The third kappa shape index (κ3) is 2.62. The lowest BCUT2D eigenvalue weighted by molar-refractivity contribution is -0.383. The molecule has 1 heterocycles. The minimum atomic E-state index is -0.382. The number of non-ortho nitro benzene ring substituents is 1. The van der Waals surface area contributed by atoms with Gasteiger partial charge in [0.1, 0.15) is 0 Å². The van der Waals surface area contributed by atoms with E-state index in [1.807, 2.05) is 0 Å². The third-order valence-corrected chi connectivity index (χ3v) is 4.70. The fourth-order valence-corrected chi connectivity index (χ4v) is 3.20. The van der Waals surface area contributed by atoms with E-state index in [-0.39, 0.29) is 22.6 Å². The van der Waals surface area contributed by atoms with E-state index in [0.717, 1.165) is 36.9 Å². The van der Waals surface area contributed by atoms with E-state index in [9.17, 15) is 15.2 Å². The number of nitro groups is 1. The number of benzene rings is 1. The summed E-state index contributed by atoms with van der Waals surface area (Å²) in [6.45, 7) is 0.982. The van der Waals surface area contributed by atoms with Crippen molar-refractivity contribution in [3.63, 3.8) is 0 Å². The van der Waals surface area contributed by atoms with Crippen molar-refractivity contribution in [1.82, 2.24) is 4.98 Å². The molecule has 1 aliphatic carbocycles. The second-order valence-electron chi connectivity index (χ2n) is 5.99.